The summed E-state index contributed by atoms with van der Waals surface area (Å²) in [5, 5.41) is 4.07. The van der Waals surface area contributed by atoms with Crippen LogP contribution < -0.4 is 4.74 Å². The van der Waals surface area contributed by atoms with Gasteiger partial charge in [-0.1, -0.05) is 50.4 Å². The summed E-state index contributed by atoms with van der Waals surface area (Å²) in [5.41, 5.74) is 2.35. The summed E-state index contributed by atoms with van der Waals surface area (Å²) in [6.07, 6.45) is 5.24. The molecule has 28 heavy (non-hydrogen) atoms. The number of ketones is 1. The largest absolute Gasteiger partial charge is 0.494 e. The van der Waals surface area contributed by atoms with Gasteiger partial charge in [-0.25, -0.2) is 0 Å². The van der Waals surface area contributed by atoms with Crippen molar-refractivity contribution < 1.29 is 14.1 Å². The smallest absolute Gasteiger partial charge is 0.258 e. The molecule has 5 heteroatoms. The Morgan fingerprint density at radius 2 is 1.64 bits per heavy atom. The van der Waals surface area contributed by atoms with E-state index < -0.39 is 0 Å². The van der Waals surface area contributed by atoms with Gasteiger partial charge in [-0.05, 0) is 42.8 Å². The molecule has 1 heterocycles. The number of carbonyl (C=O) groups is 1. The lowest BCUT2D eigenvalue weighted by Gasteiger charge is -2.06. The predicted octanol–water partition coefficient (Wildman–Crippen LogP) is 5.96. The van der Waals surface area contributed by atoms with Crippen LogP contribution in [0, 0.1) is 0 Å². The molecule has 0 fully saturated rings. The normalized spacial score (nSPS) is 10.8. The van der Waals surface area contributed by atoms with E-state index in [1.807, 2.05) is 43.3 Å². The number of aromatic nitrogens is 2. The van der Waals surface area contributed by atoms with Crippen molar-refractivity contribution in [2.75, 3.05) is 6.61 Å². The Bertz CT molecular complexity index is 883. The minimum absolute atomic E-state index is 0.116. The van der Waals surface area contributed by atoms with Crippen LogP contribution in [0.2, 0.25) is 0 Å². The molecule has 0 saturated heterocycles. The van der Waals surface area contributed by atoms with Gasteiger partial charge in [0.05, 0.1) is 6.61 Å². The number of carbonyl (C=O) groups excluding carboxylic acids is 1. The Balaban J connectivity index is 1.62. The van der Waals surface area contributed by atoms with E-state index in [4.69, 9.17) is 9.26 Å². The van der Waals surface area contributed by atoms with E-state index >= 15 is 0 Å². The number of hydrogen-bond donors (Lipinski definition) is 0. The minimum Gasteiger partial charge on any atom is -0.494 e. The summed E-state index contributed by atoms with van der Waals surface area (Å²) in [6.45, 7) is 4.79. The average molecular weight is 378 g/mol. The van der Waals surface area contributed by atoms with E-state index in [9.17, 15) is 4.79 Å². The second kappa shape index (κ2) is 9.83. The van der Waals surface area contributed by atoms with Gasteiger partial charge in [0.25, 0.3) is 5.89 Å². The second-order valence-corrected chi connectivity index (χ2v) is 6.71. The van der Waals surface area contributed by atoms with E-state index in [1.54, 1.807) is 12.1 Å². The van der Waals surface area contributed by atoms with Crippen LogP contribution in [0.1, 0.15) is 56.3 Å². The summed E-state index contributed by atoms with van der Waals surface area (Å²) < 4.78 is 11.2. The van der Waals surface area contributed by atoms with Crippen molar-refractivity contribution >= 4 is 5.78 Å². The first-order valence-electron chi connectivity index (χ1n) is 9.91. The van der Waals surface area contributed by atoms with Gasteiger partial charge >= 0.3 is 0 Å². The molecule has 0 aliphatic rings. The van der Waals surface area contributed by atoms with Gasteiger partial charge in [0.1, 0.15) is 5.75 Å². The van der Waals surface area contributed by atoms with Crippen LogP contribution in [0.25, 0.3) is 22.8 Å². The molecule has 0 bridgehead atoms. The van der Waals surface area contributed by atoms with Crippen molar-refractivity contribution in [3.8, 4) is 28.6 Å². The van der Waals surface area contributed by atoms with Gasteiger partial charge < -0.3 is 9.26 Å². The average Bonchev–Trinajstić information content (AvgIpc) is 3.24. The van der Waals surface area contributed by atoms with Crippen LogP contribution in [0.4, 0.5) is 0 Å². The molecule has 0 unspecified atom stereocenters. The topological polar surface area (TPSA) is 65.2 Å². The van der Waals surface area contributed by atoms with Crippen molar-refractivity contribution in [3.05, 3.63) is 54.1 Å². The third-order valence-corrected chi connectivity index (χ3v) is 4.58. The maximum absolute atomic E-state index is 11.7. The SMILES string of the molecule is CCCCCCOc1ccc(-c2noc(-c3ccc(C(=O)CC)cc3)n2)cc1. The molecule has 0 amide bonds. The van der Waals surface area contributed by atoms with E-state index in [-0.39, 0.29) is 5.78 Å². The van der Waals surface area contributed by atoms with Crippen molar-refractivity contribution in [2.24, 2.45) is 0 Å². The number of ether oxygens (including phenoxy) is 1. The van der Waals surface area contributed by atoms with Crippen molar-refractivity contribution in [2.45, 2.75) is 46.0 Å². The van der Waals surface area contributed by atoms with Crippen LogP contribution >= 0.6 is 0 Å². The lowest BCUT2D eigenvalue weighted by Crippen LogP contribution is -1.97. The van der Waals surface area contributed by atoms with Crippen LogP contribution in [0.5, 0.6) is 5.75 Å². The van der Waals surface area contributed by atoms with Crippen LogP contribution in [-0.2, 0) is 0 Å². The molecule has 3 aromatic rings. The third kappa shape index (κ3) is 5.06. The van der Waals surface area contributed by atoms with Crippen molar-refractivity contribution in [1.29, 1.82) is 0 Å². The summed E-state index contributed by atoms with van der Waals surface area (Å²) in [4.78, 5) is 16.2. The zero-order chi connectivity index (χ0) is 19.8. The highest BCUT2D eigenvalue weighted by molar-refractivity contribution is 5.96. The molecule has 0 aliphatic carbocycles. The lowest BCUT2D eigenvalue weighted by molar-refractivity contribution is 0.0988. The molecular weight excluding hydrogens is 352 g/mol. The summed E-state index contributed by atoms with van der Waals surface area (Å²) in [5.74, 6) is 1.92. The van der Waals surface area contributed by atoms with Gasteiger partial charge in [-0.2, -0.15) is 4.98 Å². The molecule has 1 aromatic heterocycles. The number of hydrogen-bond acceptors (Lipinski definition) is 5. The van der Waals surface area contributed by atoms with Crippen LogP contribution in [0.15, 0.2) is 53.1 Å². The number of nitrogens with zero attached hydrogens (tertiary/aromatic N) is 2. The monoisotopic (exact) mass is 378 g/mol. The van der Waals surface area contributed by atoms with E-state index in [0.29, 0.717) is 23.7 Å². The Morgan fingerprint density at radius 3 is 2.32 bits per heavy atom. The second-order valence-electron chi connectivity index (χ2n) is 6.71. The Morgan fingerprint density at radius 1 is 0.929 bits per heavy atom. The van der Waals surface area contributed by atoms with Gasteiger partial charge in [-0.3, -0.25) is 4.79 Å². The number of rotatable bonds is 10. The number of Topliss-reactive ketones (excluding diaryl/α,β-unsaturated/α-hetero) is 1. The molecule has 0 N–H and O–H groups in total. The molecular formula is C23H26N2O3. The first-order valence-corrected chi connectivity index (χ1v) is 9.91. The fourth-order valence-electron chi connectivity index (χ4n) is 2.88. The maximum Gasteiger partial charge on any atom is 0.258 e. The quantitative estimate of drug-likeness (QED) is 0.322. The van der Waals surface area contributed by atoms with Crippen molar-refractivity contribution in [3.63, 3.8) is 0 Å². The molecule has 146 valence electrons. The fourth-order valence-corrected chi connectivity index (χ4v) is 2.88. The zero-order valence-electron chi connectivity index (χ0n) is 16.5. The van der Waals surface area contributed by atoms with Gasteiger partial charge in [0.2, 0.25) is 5.82 Å². The minimum atomic E-state index is 0.116. The molecule has 0 atom stereocenters. The van der Waals surface area contributed by atoms with E-state index in [0.717, 1.165) is 29.9 Å². The highest BCUT2D eigenvalue weighted by Gasteiger charge is 2.12. The lowest BCUT2D eigenvalue weighted by atomic mass is 10.1. The van der Waals surface area contributed by atoms with Gasteiger partial charge in [-0.15, -0.1) is 0 Å². The number of benzene rings is 2. The highest BCUT2D eigenvalue weighted by Crippen LogP contribution is 2.24. The van der Waals surface area contributed by atoms with Crippen LogP contribution in [-0.4, -0.2) is 22.5 Å². The van der Waals surface area contributed by atoms with E-state index in [1.165, 1.54) is 19.3 Å². The first-order chi connectivity index (χ1) is 13.7. The molecule has 2 aromatic carbocycles. The van der Waals surface area contributed by atoms with E-state index in [2.05, 4.69) is 17.1 Å². The fraction of sp³-hybridized carbons (Fsp3) is 0.348. The number of unbranched alkanes of at least 4 members (excludes halogenated alkanes) is 3. The Labute approximate surface area is 165 Å². The molecule has 0 aliphatic heterocycles. The first kappa shape index (κ1) is 19.8. The third-order valence-electron chi connectivity index (χ3n) is 4.58. The summed E-state index contributed by atoms with van der Waals surface area (Å²) in [7, 11) is 0. The standard InChI is InChI=1S/C23H26N2O3/c1-3-5-6-7-16-27-20-14-12-18(13-15-20)22-24-23(28-25-22)19-10-8-17(9-11-19)21(26)4-2/h8-15H,3-7,16H2,1-2H3. The Hall–Kier alpha value is -2.95. The van der Waals surface area contributed by atoms with Crippen LogP contribution in [0.3, 0.4) is 0 Å². The summed E-state index contributed by atoms with van der Waals surface area (Å²) in [6, 6.07) is 14.9. The molecule has 5 nitrogen and oxygen atoms in total. The van der Waals surface area contributed by atoms with Crippen molar-refractivity contribution in [1.82, 2.24) is 10.1 Å². The Kier molecular flexibility index (Phi) is 6.95. The predicted molar refractivity (Wildman–Crippen MR) is 109 cm³/mol. The maximum atomic E-state index is 11.7. The zero-order valence-corrected chi connectivity index (χ0v) is 16.5. The highest BCUT2D eigenvalue weighted by atomic mass is 16.5. The molecule has 0 spiro atoms. The van der Waals surface area contributed by atoms with Gasteiger partial charge in [0, 0.05) is 23.1 Å². The molecule has 0 saturated carbocycles. The summed E-state index contributed by atoms with van der Waals surface area (Å²) >= 11 is 0. The molecule has 0 radical (unpaired) electrons. The van der Waals surface area contributed by atoms with Gasteiger partial charge in [0.15, 0.2) is 5.78 Å². The molecule has 3 rings (SSSR count).